The quantitative estimate of drug-likeness (QED) is 0.865. The van der Waals surface area contributed by atoms with Gasteiger partial charge in [0.15, 0.2) is 0 Å². The fourth-order valence-electron chi connectivity index (χ4n) is 1.66. The first-order valence-corrected chi connectivity index (χ1v) is 7.30. The van der Waals surface area contributed by atoms with E-state index in [-0.39, 0.29) is 12.1 Å². The van der Waals surface area contributed by atoms with Crippen molar-refractivity contribution < 1.29 is 13.9 Å². The first-order chi connectivity index (χ1) is 9.06. The highest BCUT2D eigenvalue weighted by molar-refractivity contribution is 9.10. The van der Waals surface area contributed by atoms with Crippen LogP contribution in [0.1, 0.15) is 16.5 Å². The summed E-state index contributed by atoms with van der Waals surface area (Å²) >= 11 is 4.93. The molecule has 0 spiro atoms. The first-order valence-electron chi connectivity index (χ1n) is 5.63. The van der Waals surface area contributed by atoms with Crippen LogP contribution in [0.2, 0.25) is 0 Å². The molecule has 102 valence electrons. The predicted octanol–water partition coefficient (Wildman–Crippen LogP) is 3.61. The van der Waals surface area contributed by atoms with Crippen LogP contribution in [0.15, 0.2) is 34.1 Å². The molecule has 1 aromatic heterocycles. The number of thiophene rings is 1. The van der Waals surface area contributed by atoms with Crippen molar-refractivity contribution in [2.75, 3.05) is 6.54 Å². The van der Waals surface area contributed by atoms with Gasteiger partial charge >= 0.3 is 0 Å². The van der Waals surface area contributed by atoms with Crippen LogP contribution in [0.4, 0.5) is 8.78 Å². The average Bonchev–Trinajstić information content (AvgIpc) is 2.78. The summed E-state index contributed by atoms with van der Waals surface area (Å²) in [6, 6.07) is 5.03. The second kappa shape index (κ2) is 6.56. The lowest BCUT2D eigenvalue weighted by Gasteiger charge is -2.12. The Morgan fingerprint density at radius 1 is 1.32 bits per heavy atom. The van der Waals surface area contributed by atoms with Crippen molar-refractivity contribution in [3.8, 4) is 0 Å². The number of halogens is 3. The number of nitrogens with one attached hydrogen (secondary N) is 1. The first kappa shape index (κ1) is 14.6. The van der Waals surface area contributed by atoms with E-state index in [1.807, 2.05) is 11.4 Å². The number of aliphatic hydroxyl groups excluding tert-OH is 1. The third kappa shape index (κ3) is 4.07. The molecule has 0 saturated carbocycles. The van der Waals surface area contributed by atoms with E-state index in [1.165, 1.54) is 0 Å². The molecular formula is C13H12BrF2NOS. The van der Waals surface area contributed by atoms with Gasteiger partial charge in [0.2, 0.25) is 0 Å². The molecule has 0 aliphatic heterocycles. The molecule has 2 rings (SSSR count). The Kier molecular flexibility index (Phi) is 5.04. The molecule has 0 radical (unpaired) electrons. The van der Waals surface area contributed by atoms with Crippen LogP contribution in [-0.4, -0.2) is 11.7 Å². The maximum atomic E-state index is 13.4. The Hall–Kier alpha value is -0.820. The van der Waals surface area contributed by atoms with Gasteiger partial charge in [-0.15, -0.1) is 11.3 Å². The van der Waals surface area contributed by atoms with E-state index in [2.05, 4.69) is 21.2 Å². The lowest BCUT2D eigenvalue weighted by atomic mass is 10.1. The summed E-state index contributed by atoms with van der Waals surface area (Å²) in [5.41, 5.74) is -0.0279. The van der Waals surface area contributed by atoms with Gasteiger partial charge in [-0.1, -0.05) is 0 Å². The van der Waals surface area contributed by atoms with E-state index in [0.717, 1.165) is 27.5 Å². The minimum absolute atomic E-state index is 0.0279. The van der Waals surface area contributed by atoms with Crippen LogP contribution in [0, 0.1) is 11.6 Å². The molecule has 0 aliphatic rings. The van der Waals surface area contributed by atoms with Crippen molar-refractivity contribution in [3.63, 3.8) is 0 Å². The van der Waals surface area contributed by atoms with Gasteiger partial charge in [-0.25, -0.2) is 8.78 Å². The number of hydrogen-bond acceptors (Lipinski definition) is 3. The molecule has 1 atom stereocenters. The average molecular weight is 348 g/mol. The lowest BCUT2D eigenvalue weighted by Crippen LogP contribution is -2.21. The standard InChI is InChI=1S/C13H12BrF2NOS/c14-8-3-10(19-7-8)5-17-6-13(18)11-4-9(15)1-2-12(11)16/h1-4,7,13,17-18H,5-6H2. The Balaban J connectivity index is 1.90. The summed E-state index contributed by atoms with van der Waals surface area (Å²) in [6.07, 6.45) is -1.07. The lowest BCUT2D eigenvalue weighted by molar-refractivity contribution is 0.169. The number of benzene rings is 1. The number of rotatable bonds is 5. The topological polar surface area (TPSA) is 32.3 Å². The fraction of sp³-hybridized carbons (Fsp3) is 0.231. The molecule has 19 heavy (non-hydrogen) atoms. The van der Waals surface area contributed by atoms with Crippen molar-refractivity contribution in [1.82, 2.24) is 5.32 Å². The second-order valence-electron chi connectivity index (χ2n) is 4.04. The molecular weight excluding hydrogens is 336 g/mol. The van der Waals surface area contributed by atoms with E-state index in [0.29, 0.717) is 6.54 Å². The SMILES string of the molecule is OC(CNCc1cc(Br)cs1)c1cc(F)ccc1F. The molecule has 0 bridgehead atoms. The van der Waals surface area contributed by atoms with Gasteiger partial charge in [-0.3, -0.25) is 0 Å². The molecule has 2 nitrogen and oxygen atoms in total. The molecule has 0 saturated heterocycles. The van der Waals surface area contributed by atoms with Crippen LogP contribution in [0.25, 0.3) is 0 Å². The van der Waals surface area contributed by atoms with Crippen molar-refractivity contribution in [3.05, 3.63) is 56.2 Å². The molecule has 0 amide bonds. The molecule has 0 aliphatic carbocycles. The van der Waals surface area contributed by atoms with Crippen molar-refractivity contribution in [1.29, 1.82) is 0 Å². The molecule has 1 aromatic carbocycles. The highest BCUT2D eigenvalue weighted by Crippen LogP contribution is 2.20. The van der Waals surface area contributed by atoms with E-state index in [1.54, 1.807) is 11.3 Å². The van der Waals surface area contributed by atoms with E-state index in [9.17, 15) is 13.9 Å². The summed E-state index contributed by atoms with van der Waals surface area (Å²) in [6.45, 7) is 0.736. The molecule has 2 N–H and O–H groups in total. The van der Waals surface area contributed by atoms with Gasteiger partial charge in [0, 0.05) is 33.4 Å². The van der Waals surface area contributed by atoms with Gasteiger partial charge in [0.1, 0.15) is 11.6 Å². The Labute approximate surface area is 122 Å². The van der Waals surface area contributed by atoms with Crippen LogP contribution < -0.4 is 5.32 Å². The third-order valence-corrected chi connectivity index (χ3v) is 4.27. The Bertz CT molecular complexity index is 561. The van der Waals surface area contributed by atoms with Crippen LogP contribution in [-0.2, 0) is 6.54 Å². The van der Waals surface area contributed by atoms with Crippen molar-refractivity contribution >= 4 is 27.3 Å². The van der Waals surface area contributed by atoms with Gasteiger partial charge in [-0.05, 0) is 40.2 Å². The van der Waals surface area contributed by atoms with Crippen LogP contribution in [0.3, 0.4) is 0 Å². The highest BCUT2D eigenvalue weighted by Gasteiger charge is 2.13. The zero-order chi connectivity index (χ0) is 13.8. The van der Waals surface area contributed by atoms with Crippen LogP contribution in [0.5, 0.6) is 0 Å². The van der Waals surface area contributed by atoms with Gasteiger partial charge in [-0.2, -0.15) is 0 Å². The van der Waals surface area contributed by atoms with E-state index in [4.69, 9.17) is 0 Å². The third-order valence-electron chi connectivity index (χ3n) is 2.58. The maximum absolute atomic E-state index is 13.4. The zero-order valence-electron chi connectivity index (χ0n) is 9.87. The zero-order valence-corrected chi connectivity index (χ0v) is 12.3. The number of aliphatic hydroxyl groups is 1. The number of hydrogen-bond donors (Lipinski definition) is 2. The molecule has 1 unspecified atom stereocenters. The van der Waals surface area contributed by atoms with Crippen LogP contribution >= 0.6 is 27.3 Å². The minimum atomic E-state index is -1.07. The van der Waals surface area contributed by atoms with E-state index < -0.39 is 17.7 Å². The maximum Gasteiger partial charge on any atom is 0.129 e. The minimum Gasteiger partial charge on any atom is -0.387 e. The summed E-state index contributed by atoms with van der Waals surface area (Å²) in [4.78, 5) is 1.10. The Morgan fingerprint density at radius 3 is 2.79 bits per heavy atom. The largest absolute Gasteiger partial charge is 0.387 e. The monoisotopic (exact) mass is 347 g/mol. The molecule has 6 heteroatoms. The Morgan fingerprint density at radius 2 is 2.11 bits per heavy atom. The predicted molar refractivity (Wildman–Crippen MR) is 75.0 cm³/mol. The second-order valence-corrected chi connectivity index (χ2v) is 5.96. The molecule has 2 aromatic rings. The van der Waals surface area contributed by atoms with Gasteiger partial charge in [0.05, 0.1) is 6.10 Å². The van der Waals surface area contributed by atoms with E-state index >= 15 is 0 Å². The van der Waals surface area contributed by atoms with Crippen molar-refractivity contribution in [2.24, 2.45) is 0 Å². The summed E-state index contributed by atoms with van der Waals surface area (Å²) in [5, 5.41) is 14.8. The highest BCUT2D eigenvalue weighted by atomic mass is 79.9. The van der Waals surface area contributed by atoms with Crippen molar-refractivity contribution in [2.45, 2.75) is 12.6 Å². The van der Waals surface area contributed by atoms with Gasteiger partial charge in [0.25, 0.3) is 0 Å². The summed E-state index contributed by atoms with van der Waals surface area (Å²) in [5.74, 6) is -1.16. The molecule has 0 fully saturated rings. The smallest absolute Gasteiger partial charge is 0.129 e. The fourth-order valence-corrected chi connectivity index (χ4v) is 3.08. The normalized spacial score (nSPS) is 12.6. The molecule has 1 heterocycles. The summed E-state index contributed by atoms with van der Waals surface area (Å²) < 4.78 is 27.4. The summed E-state index contributed by atoms with van der Waals surface area (Å²) in [7, 11) is 0. The van der Waals surface area contributed by atoms with Gasteiger partial charge < -0.3 is 10.4 Å².